The largest absolute Gasteiger partial charge is 0.505 e. The Hall–Kier alpha value is -2.38. The number of fused-ring (bicyclic) bond motifs is 1. The summed E-state index contributed by atoms with van der Waals surface area (Å²) >= 11 is 0. The molecule has 0 saturated carbocycles. The van der Waals surface area contributed by atoms with E-state index in [2.05, 4.69) is 0 Å². The van der Waals surface area contributed by atoms with Crippen LogP contribution in [0.4, 0.5) is 28.9 Å². The number of halogens is 4. The van der Waals surface area contributed by atoms with E-state index in [0.29, 0.717) is 0 Å². The van der Waals surface area contributed by atoms with E-state index in [1.165, 1.54) is 0 Å². The molecule has 0 heterocycles. The monoisotopic (exact) mass is 262 g/mol. The molecule has 0 aliphatic carbocycles. The lowest BCUT2D eigenvalue weighted by Gasteiger charge is -2.12. The van der Waals surface area contributed by atoms with Crippen molar-refractivity contribution in [1.82, 2.24) is 0 Å². The van der Waals surface area contributed by atoms with Gasteiger partial charge in [0.2, 0.25) is 5.82 Å². The van der Waals surface area contributed by atoms with E-state index < -0.39 is 56.9 Å². The fourth-order valence-electron chi connectivity index (χ4n) is 1.61. The van der Waals surface area contributed by atoms with Gasteiger partial charge in [0.15, 0.2) is 29.0 Å². The maximum absolute atomic E-state index is 13.5. The van der Waals surface area contributed by atoms with Gasteiger partial charge in [-0.2, -0.15) is 4.39 Å². The summed E-state index contributed by atoms with van der Waals surface area (Å²) in [7, 11) is 0. The average Bonchev–Trinajstić information content (AvgIpc) is 2.35. The van der Waals surface area contributed by atoms with Crippen LogP contribution >= 0.6 is 0 Å². The SMILES string of the molecule is Nc1c(F)c(F)c2c(N)c(O)c(F)c(F)c2c1O. The first-order chi connectivity index (χ1) is 8.29. The summed E-state index contributed by atoms with van der Waals surface area (Å²) < 4.78 is 53.5. The number of hydrogen-bond donors (Lipinski definition) is 4. The molecule has 4 nitrogen and oxygen atoms in total. The highest BCUT2D eigenvalue weighted by Gasteiger charge is 2.27. The number of nitrogen functional groups attached to an aromatic ring is 2. The maximum Gasteiger partial charge on any atom is 0.203 e. The molecule has 96 valence electrons. The summed E-state index contributed by atoms with van der Waals surface area (Å²) in [5, 5.41) is 16.5. The van der Waals surface area contributed by atoms with Crippen LogP contribution in [0, 0.1) is 23.3 Å². The minimum absolute atomic E-state index is 0.935. The number of phenols is 2. The molecule has 0 radical (unpaired) electrons. The number of benzene rings is 2. The molecule has 0 unspecified atom stereocenters. The lowest BCUT2D eigenvalue weighted by atomic mass is 10.0. The molecule has 0 amide bonds. The number of phenolic OH excluding ortho intramolecular Hbond substituents is 2. The first kappa shape index (κ1) is 12.1. The fraction of sp³-hybridized carbons (Fsp3) is 0. The number of anilines is 2. The summed E-state index contributed by atoms with van der Waals surface area (Å²) in [5.41, 5.74) is 8.15. The van der Waals surface area contributed by atoms with Gasteiger partial charge in [-0.15, -0.1) is 0 Å². The van der Waals surface area contributed by atoms with Crippen LogP contribution in [-0.4, -0.2) is 10.2 Å². The molecule has 0 spiro atoms. The smallest absolute Gasteiger partial charge is 0.203 e. The average molecular weight is 262 g/mol. The first-order valence-electron chi connectivity index (χ1n) is 4.53. The Kier molecular flexibility index (Phi) is 2.39. The molecule has 18 heavy (non-hydrogen) atoms. The summed E-state index contributed by atoms with van der Waals surface area (Å²) in [6.07, 6.45) is 0. The van der Waals surface area contributed by atoms with E-state index in [9.17, 15) is 22.7 Å². The Balaban J connectivity index is 3.22. The summed E-state index contributed by atoms with van der Waals surface area (Å²) in [5.74, 6) is -9.49. The van der Waals surface area contributed by atoms with Gasteiger partial charge in [-0.3, -0.25) is 0 Å². The van der Waals surface area contributed by atoms with Gasteiger partial charge in [0.25, 0.3) is 0 Å². The highest BCUT2D eigenvalue weighted by molar-refractivity contribution is 6.02. The quantitative estimate of drug-likeness (QED) is 0.332. The summed E-state index contributed by atoms with van der Waals surface area (Å²) in [4.78, 5) is 0. The molecule has 2 aromatic carbocycles. The lowest BCUT2D eigenvalue weighted by Crippen LogP contribution is -2.03. The topological polar surface area (TPSA) is 92.5 Å². The zero-order valence-corrected chi connectivity index (χ0v) is 8.56. The molecule has 0 saturated heterocycles. The second-order valence-electron chi connectivity index (χ2n) is 3.53. The fourth-order valence-corrected chi connectivity index (χ4v) is 1.61. The highest BCUT2D eigenvalue weighted by atomic mass is 19.2. The second-order valence-corrected chi connectivity index (χ2v) is 3.53. The van der Waals surface area contributed by atoms with E-state index in [1.54, 1.807) is 0 Å². The molecule has 2 rings (SSSR count). The van der Waals surface area contributed by atoms with E-state index >= 15 is 0 Å². The molecule has 8 heteroatoms. The maximum atomic E-state index is 13.5. The van der Waals surface area contributed by atoms with Crippen LogP contribution < -0.4 is 11.5 Å². The zero-order chi connectivity index (χ0) is 13.8. The molecule has 0 aromatic heterocycles. The normalized spacial score (nSPS) is 11.1. The van der Waals surface area contributed by atoms with Crippen molar-refractivity contribution in [3.05, 3.63) is 23.3 Å². The Morgan fingerprint density at radius 2 is 1.11 bits per heavy atom. The third-order valence-corrected chi connectivity index (χ3v) is 2.54. The Labute approximate surface area is 97.0 Å². The molecule has 0 atom stereocenters. The number of rotatable bonds is 0. The molecule has 0 aliphatic rings. The van der Waals surface area contributed by atoms with E-state index in [-0.39, 0.29) is 0 Å². The van der Waals surface area contributed by atoms with Gasteiger partial charge in [-0.25, -0.2) is 13.2 Å². The Morgan fingerprint density at radius 1 is 0.611 bits per heavy atom. The van der Waals surface area contributed by atoms with Crippen molar-refractivity contribution in [1.29, 1.82) is 0 Å². The standard InChI is InChI=1S/C10H6F4N2O2/c11-3-1-2(9(17)8(16)5(3)13)4(12)6(14)10(18)7(1)15/h17-18H,15-16H2. The van der Waals surface area contributed by atoms with E-state index in [1.807, 2.05) is 0 Å². The molecule has 2 aromatic rings. The van der Waals surface area contributed by atoms with Crippen LogP contribution in [0.2, 0.25) is 0 Å². The van der Waals surface area contributed by atoms with Crippen LogP contribution in [0.3, 0.4) is 0 Å². The van der Waals surface area contributed by atoms with Crippen LogP contribution in [0.5, 0.6) is 11.5 Å². The predicted molar refractivity (Wildman–Crippen MR) is 55.9 cm³/mol. The van der Waals surface area contributed by atoms with Gasteiger partial charge < -0.3 is 21.7 Å². The van der Waals surface area contributed by atoms with Crippen molar-refractivity contribution in [2.24, 2.45) is 0 Å². The molecular formula is C10H6F4N2O2. The van der Waals surface area contributed by atoms with Crippen molar-refractivity contribution in [2.45, 2.75) is 0 Å². The van der Waals surface area contributed by atoms with Gasteiger partial charge >= 0.3 is 0 Å². The van der Waals surface area contributed by atoms with Crippen molar-refractivity contribution in [3.8, 4) is 11.5 Å². The van der Waals surface area contributed by atoms with Crippen LogP contribution in [0.15, 0.2) is 0 Å². The van der Waals surface area contributed by atoms with Crippen LogP contribution in [-0.2, 0) is 0 Å². The van der Waals surface area contributed by atoms with Gasteiger partial charge in [-0.05, 0) is 0 Å². The summed E-state index contributed by atoms with van der Waals surface area (Å²) in [6.45, 7) is 0. The number of aromatic hydroxyl groups is 2. The third kappa shape index (κ3) is 1.25. The van der Waals surface area contributed by atoms with Crippen molar-refractivity contribution in [2.75, 3.05) is 11.5 Å². The van der Waals surface area contributed by atoms with Crippen molar-refractivity contribution in [3.63, 3.8) is 0 Å². The lowest BCUT2D eigenvalue weighted by molar-refractivity contribution is 0.410. The number of hydrogen-bond acceptors (Lipinski definition) is 4. The van der Waals surface area contributed by atoms with Gasteiger partial charge in [0.05, 0.1) is 16.5 Å². The van der Waals surface area contributed by atoms with Crippen LogP contribution in [0.25, 0.3) is 10.8 Å². The molecule has 0 bridgehead atoms. The minimum Gasteiger partial charge on any atom is -0.505 e. The molecule has 0 aliphatic heterocycles. The molecule has 0 fully saturated rings. The van der Waals surface area contributed by atoms with E-state index in [0.717, 1.165) is 0 Å². The zero-order valence-electron chi connectivity index (χ0n) is 8.56. The highest BCUT2D eigenvalue weighted by Crippen LogP contribution is 2.44. The van der Waals surface area contributed by atoms with Crippen molar-refractivity contribution < 1.29 is 27.8 Å². The minimum atomic E-state index is -1.79. The van der Waals surface area contributed by atoms with E-state index in [4.69, 9.17) is 16.6 Å². The van der Waals surface area contributed by atoms with Gasteiger partial charge in [0, 0.05) is 0 Å². The van der Waals surface area contributed by atoms with Gasteiger partial charge in [-0.1, -0.05) is 0 Å². The van der Waals surface area contributed by atoms with Crippen molar-refractivity contribution >= 4 is 22.1 Å². The Bertz CT molecular complexity index is 575. The Morgan fingerprint density at radius 3 is 1.67 bits per heavy atom. The predicted octanol–water partition coefficient (Wildman–Crippen LogP) is 1.97. The molecular weight excluding hydrogens is 256 g/mol. The summed E-state index contributed by atoms with van der Waals surface area (Å²) in [6, 6.07) is 0. The third-order valence-electron chi connectivity index (χ3n) is 2.54. The van der Waals surface area contributed by atoms with Gasteiger partial charge in [0.1, 0.15) is 5.69 Å². The first-order valence-corrected chi connectivity index (χ1v) is 4.53. The van der Waals surface area contributed by atoms with Crippen LogP contribution in [0.1, 0.15) is 0 Å². The second kappa shape index (κ2) is 3.56. The number of nitrogens with two attached hydrogens (primary N) is 2. The molecule has 6 N–H and O–H groups in total.